The minimum absolute atomic E-state index is 0.122. The van der Waals surface area contributed by atoms with Crippen LogP contribution in [-0.4, -0.2) is 37.2 Å². The Morgan fingerprint density at radius 1 is 0.263 bits per heavy atom. The van der Waals surface area contributed by atoms with Gasteiger partial charge in [0.25, 0.3) is 0 Å². The average Bonchev–Trinajstić information content (AvgIpc) is 3.46. The number of rotatable bonds is 56. The van der Waals surface area contributed by atoms with E-state index >= 15 is 0 Å². The minimum atomic E-state index is -0.838. The summed E-state index contributed by atoms with van der Waals surface area (Å²) in [5, 5.41) is 0. The molecule has 0 N–H and O–H groups in total. The van der Waals surface area contributed by atoms with Gasteiger partial charge in [-0.2, -0.15) is 0 Å². The zero-order chi connectivity index (χ0) is 57.8. The largest absolute Gasteiger partial charge is 0.462 e. The summed E-state index contributed by atoms with van der Waals surface area (Å²) in [6.07, 6.45) is 98.0. The molecule has 0 bridgehead atoms. The van der Waals surface area contributed by atoms with E-state index in [0.717, 1.165) is 141 Å². The van der Waals surface area contributed by atoms with Crippen LogP contribution in [0.25, 0.3) is 0 Å². The lowest BCUT2D eigenvalue weighted by Gasteiger charge is -2.18. The number of esters is 3. The van der Waals surface area contributed by atoms with Crippen LogP contribution in [0.5, 0.6) is 0 Å². The van der Waals surface area contributed by atoms with Crippen molar-refractivity contribution in [3.05, 3.63) is 170 Å². The van der Waals surface area contributed by atoms with Crippen molar-refractivity contribution in [2.24, 2.45) is 0 Å². The highest BCUT2D eigenvalue weighted by molar-refractivity contribution is 5.71. The van der Waals surface area contributed by atoms with Gasteiger partial charge >= 0.3 is 17.9 Å². The van der Waals surface area contributed by atoms with Crippen molar-refractivity contribution < 1.29 is 28.6 Å². The van der Waals surface area contributed by atoms with Gasteiger partial charge in [-0.15, -0.1) is 0 Å². The fourth-order valence-electron chi connectivity index (χ4n) is 8.25. The second-order valence-electron chi connectivity index (χ2n) is 20.6. The van der Waals surface area contributed by atoms with E-state index in [4.69, 9.17) is 14.2 Å². The molecule has 0 saturated heterocycles. The van der Waals surface area contributed by atoms with Gasteiger partial charge in [0.2, 0.25) is 0 Å². The monoisotopic (exact) mass is 1100 g/mol. The Bertz CT molecular complexity index is 1840. The Kier molecular flexibility index (Phi) is 61.9. The maximum atomic E-state index is 12.9. The maximum absolute atomic E-state index is 12.9. The van der Waals surface area contributed by atoms with Crippen molar-refractivity contribution in [3.63, 3.8) is 0 Å². The molecule has 448 valence electrons. The van der Waals surface area contributed by atoms with Crippen LogP contribution in [-0.2, 0) is 28.6 Å². The quantitative estimate of drug-likeness (QED) is 0.0261. The summed E-state index contributed by atoms with van der Waals surface area (Å²) in [6, 6.07) is 0. The molecule has 0 rings (SSSR count). The molecule has 0 aromatic rings. The molecule has 0 heterocycles. The molecule has 0 radical (unpaired) electrons. The summed E-state index contributed by atoms with van der Waals surface area (Å²) in [4.78, 5) is 38.3. The molecule has 1 unspecified atom stereocenters. The van der Waals surface area contributed by atoms with Crippen LogP contribution in [0.4, 0.5) is 0 Å². The molecular formula is C74H116O6. The first kappa shape index (κ1) is 74.8. The van der Waals surface area contributed by atoms with Crippen molar-refractivity contribution in [3.8, 4) is 0 Å². The molecule has 0 aromatic carbocycles. The molecule has 0 aliphatic rings. The Balaban J connectivity index is 4.51. The lowest BCUT2D eigenvalue weighted by Crippen LogP contribution is -2.30. The van der Waals surface area contributed by atoms with Gasteiger partial charge in [0.15, 0.2) is 6.10 Å². The van der Waals surface area contributed by atoms with Gasteiger partial charge in [0.05, 0.1) is 0 Å². The molecule has 0 aliphatic carbocycles. The molecule has 0 aliphatic heterocycles. The van der Waals surface area contributed by atoms with Crippen molar-refractivity contribution in [1.82, 2.24) is 0 Å². The second kappa shape index (κ2) is 66.3. The third kappa shape index (κ3) is 63.6. The number of allylic oxidation sites excluding steroid dienone is 28. The number of unbranched alkanes of at least 4 members (excludes halogenated alkanes) is 17. The van der Waals surface area contributed by atoms with Crippen LogP contribution in [0.2, 0.25) is 0 Å². The van der Waals surface area contributed by atoms with Gasteiger partial charge in [0.1, 0.15) is 13.2 Å². The number of ether oxygens (including phenoxy) is 3. The van der Waals surface area contributed by atoms with Gasteiger partial charge in [-0.05, 0) is 122 Å². The van der Waals surface area contributed by atoms with E-state index < -0.39 is 12.1 Å². The zero-order valence-corrected chi connectivity index (χ0v) is 51.3. The normalized spacial score (nSPS) is 13.3. The van der Waals surface area contributed by atoms with E-state index in [0.29, 0.717) is 19.3 Å². The number of hydrogen-bond donors (Lipinski definition) is 0. The average molecular weight is 1100 g/mol. The van der Waals surface area contributed by atoms with Crippen molar-refractivity contribution >= 4 is 17.9 Å². The summed E-state index contributed by atoms with van der Waals surface area (Å²) < 4.78 is 16.8. The van der Waals surface area contributed by atoms with Crippen LogP contribution in [0, 0.1) is 0 Å². The fourth-order valence-corrected chi connectivity index (χ4v) is 8.25. The summed E-state index contributed by atoms with van der Waals surface area (Å²) in [6.45, 7) is 6.33. The van der Waals surface area contributed by atoms with Crippen LogP contribution in [0.15, 0.2) is 170 Å². The van der Waals surface area contributed by atoms with Crippen molar-refractivity contribution in [2.75, 3.05) is 13.2 Å². The summed E-state index contributed by atoms with van der Waals surface area (Å²) in [7, 11) is 0. The first-order valence-electron chi connectivity index (χ1n) is 32.1. The van der Waals surface area contributed by atoms with Crippen molar-refractivity contribution in [1.29, 1.82) is 0 Å². The molecule has 0 fully saturated rings. The highest BCUT2D eigenvalue weighted by Gasteiger charge is 2.19. The van der Waals surface area contributed by atoms with Gasteiger partial charge in [-0.1, -0.05) is 287 Å². The molecule has 1 atom stereocenters. The first-order chi connectivity index (χ1) is 39.5. The molecule has 80 heavy (non-hydrogen) atoms. The number of carbonyl (C=O) groups is 3. The lowest BCUT2D eigenvalue weighted by molar-refractivity contribution is -0.166. The highest BCUT2D eigenvalue weighted by Crippen LogP contribution is 2.15. The number of carbonyl (C=O) groups excluding carboxylic acids is 3. The summed E-state index contributed by atoms with van der Waals surface area (Å²) >= 11 is 0. The van der Waals surface area contributed by atoms with E-state index in [1.54, 1.807) is 0 Å². The maximum Gasteiger partial charge on any atom is 0.306 e. The van der Waals surface area contributed by atoms with Crippen LogP contribution in [0.3, 0.4) is 0 Å². The molecular weight excluding hydrogens is 985 g/mol. The van der Waals surface area contributed by atoms with Gasteiger partial charge in [0, 0.05) is 19.3 Å². The zero-order valence-electron chi connectivity index (χ0n) is 51.3. The highest BCUT2D eigenvalue weighted by atomic mass is 16.6. The van der Waals surface area contributed by atoms with Gasteiger partial charge in [-0.3, -0.25) is 14.4 Å². The van der Waals surface area contributed by atoms with Crippen molar-refractivity contribution in [2.45, 2.75) is 264 Å². The molecule has 6 nitrogen and oxygen atoms in total. The van der Waals surface area contributed by atoms with E-state index in [1.807, 2.05) is 12.2 Å². The molecule has 0 aromatic heterocycles. The Morgan fingerprint density at radius 2 is 0.512 bits per heavy atom. The Hall–Kier alpha value is -5.23. The van der Waals surface area contributed by atoms with E-state index in [1.165, 1.54) is 70.6 Å². The second-order valence-corrected chi connectivity index (χ2v) is 20.6. The predicted octanol–water partition coefficient (Wildman–Crippen LogP) is 22.3. The molecule has 0 saturated carbocycles. The lowest BCUT2D eigenvalue weighted by atomic mass is 10.0. The third-order valence-electron chi connectivity index (χ3n) is 13.0. The molecule has 0 amide bonds. The van der Waals surface area contributed by atoms with E-state index in [9.17, 15) is 14.4 Å². The standard InChI is InChI=1S/C74H116O6/c1-4-7-10-13-16-19-22-25-28-30-32-33-34-35-36-37-38-39-40-41-43-44-46-49-52-55-58-61-64-67-73(76)79-70-71(69-78-72(75)66-63-60-57-54-51-48-27-24-21-18-15-12-9-6-3)80-74(77)68-65-62-59-56-53-50-47-45-42-31-29-26-23-20-17-14-11-8-5-2/h7-8,10-11,16-17,19-20,25-26,28-29,32-33,35-36,38-39,41-43,45-46,49-50,53,59,62,71H,4-6,9,12-15,18,21-24,27,30-31,34,37,40,44,47-48,51-52,54-58,60-61,63-70H2,1-3H3/b10-7-,11-8-,19-16-,20-17-,28-25-,29-26-,33-32-,36-35-,39-38-,43-41-,45-42-,49-46-,53-50-,62-59-. The Labute approximate surface area is 492 Å². The minimum Gasteiger partial charge on any atom is -0.462 e. The summed E-state index contributed by atoms with van der Waals surface area (Å²) in [5.41, 5.74) is 0. The molecule has 0 spiro atoms. The van der Waals surface area contributed by atoms with Gasteiger partial charge in [-0.25, -0.2) is 0 Å². The van der Waals surface area contributed by atoms with Gasteiger partial charge < -0.3 is 14.2 Å². The third-order valence-corrected chi connectivity index (χ3v) is 13.0. The van der Waals surface area contributed by atoms with E-state index in [2.05, 4.69) is 179 Å². The fraction of sp³-hybridized carbons (Fsp3) is 0.581. The van der Waals surface area contributed by atoms with Crippen LogP contribution < -0.4 is 0 Å². The molecule has 6 heteroatoms. The first-order valence-corrected chi connectivity index (χ1v) is 32.1. The van der Waals surface area contributed by atoms with Crippen LogP contribution >= 0.6 is 0 Å². The number of hydrogen-bond acceptors (Lipinski definition) is 6. The topological polar surface area (TPSA) is 78.9 Å². The predicted molar refractivity (Wildman–Crippen MR) is 348 cm³/mol. The smallest absolute Gasteiger partial charge is 0.306 e. The Morgan fingerprint density at radius 3 is 0.812 bits per heavy atom. The van der Waals surface area contributed by atoms with Crippen LogP contribution in [0.1, 0.15) is 258 Å². The summed E-state index contributed by atoms with van der Waals surface area (Å²) in [5.74, 6) is -1.04. The SMILES string of the molecule is CC/C=C\C/C=C\C/C=C\C/C=C\C/C=C\C/C=C\C/C=C\C/C=C\CCCCCCC(=O)OCC(COC(=O)CCCCCCCCCCCCCCCC)OC(=O)CC/C=C\C/C=C\C/C=C\C/C=C\C/C=C\C/C=C\CC. The van der Waals surface area contributed by atoms with E-state index in [-0.39, 0.29) is 31.6 Å².